The number of hydrogen-bond donors (Lipinski definition) is 2. The minimum absolute atomic E-state index is 0.346. The average Bonchev–Trinajstić information content (AvgIpc) is 2.32. The highest BCUT2D eigenvalue weighted by Crippen LogP contribution is 2.29. The number of nitrogens with one attached hydrogen (secondary N) is 1. The smallest absolute Gasteiger partial charge is 0.0434 e. The van der Waals surface area contributed by atoms with Crippen LogP contribution < -0.4 is 5.32 Å². The van der Waals surface area contributed by atoms with Crippen molar-refractivity contribution in [1.29, 1.82) is 0 Å². The van der Waals surface area contributed by atoms with Gasteiger partial charge in [-0.1, -0.05) is 20.3 Å². The van der Waals surface area contributed by atoms with Gasteiger partial charge < -0.3 is 15.3 Å². The zero-order valence-corrected chi connectivity index (χ0v) is 12.8. The van der Waals surface area contributed by atoms with E-state index in [1.54, 1.807) is 0 Å². The molecule has 2 N–H and O–H groups in total. The van der Waals surface area contributed by atoms with Gasteiger partial charge in [-0.05, 0) is 50.0 Å². The van der Waals surface area contributed by atoms with E-state index in [1.807, 2.05) is 0 Å². The van der Waals surface area contributed by atoms with Crippen molar-refractivity contribution in [3.8, 4) is 0 Å². The maximum atomic E-state index is 9.21. The molecule has 1 aliphatic carbocycles. The molecule has 3 heteroatoms. The third-order valence-electron chi connectivity index (χ3n) is 4.71. The molecular weight excluding hydrogens is 236 g/mol. The highest BCUT2D eigenvalue weighted by Gasteiger charge is 2.29. The van der Waals surface area contributed by atoms with Crippen LogP contribution in [-0.4, -0.2) is 48.8 Å². The van der Waals surface area contributed by atoms with E-state index < -0.39 is 0 Å². The quantitative estimate of drug-likeness (QED) is 0.742. The van der Waals surface area contributed by atoms with Gasteiger partial charge in [0.2, 0.25) is 0 Å². The van der Waals surface area contributed by atoms with Crippen molar-refractivity contribution in [2.75, 3.05) is 32.8 Å². The second-order valence-electron chi connectivity index (χ2n) is 7.13. The number of piperidine rings is 1. The first-order chi connectivity index (χ1) is 9.17. The number of likely N-dealkylation sites (tertiary alicyclic amines) is 1. The van der Waals surface area contributed by atoms with Gasteiger partial charge in [0.15, 0.2) is 0 Å². The van der Waals surface area contributed by atoms with Crippen molar-refractivity contribution in [3.63, 3.8) is 0 Å². The summed E-state index contributed by atoms with van der Waals surface area (Å²) >= 11 is 0. The summed E-state index contributed by atoms with van der Waals surface area (Å²) in [5, 5.41) is 12.9. The van der Waals surface area contributed by atoms with Crippen molar-refractivity contribution in [2.45, 2.75) is 52.0 Å². The van der Waals surface area contributed by atoms with Gasteiger partial charge in [0.25, 0.3) is 0 Å². The van der Waals surface area contributed by atoms with E-state index in [-0.39, 0.29) is 0 Å². The summed E-state index contributed by atoms with van der Waals surface area (Å²) in [5.74, 6) is 2.36. The van der Waals surface area contributed by atoms with Crippen molar-refractivity contribution >= 4 is 0 Å². The van der Waals surface area contributed by atoms with E-state index in [9.17, 15) is 5.11 Å². The number of aliphatic hydroxyl groups is 1. The minimum atomic E-state index is 0.346. The van der Waals surface area contributed by atoms with Gasteiger partial charge in [0, 0.05) is 32.3 Å². The van der Waals surface area contributed by atoms with Crippen molar-refractivity contribution in [3.05, 3.63) is 0 Å². The Morgan fingerprint density at radius 2 is 2.00 bits per heavy atom. The van der Waals surface area contributed by atoms with Crippen LogP contribution in [0.4, 0.5) is 0 Å². The Morgan fingerprint density at radius 1 is 1.21 bits per heavy atom. The molecule has 1 saturated carbocycles. The maximum absolute atomic E-state index is 9.21. The second-order valence-corrected chi connectivity index (χ2v) is 7.13. The number of nitrogens with zero attached hydrogens (tertiary/aromatic N) is 1. The molecule has 0 bridgehead atoms. The van der Waals surface area contributed by atoms with Gasteiger partial charge >= 0.3 is 0 Å². The summed E-state index contributed by atoms with van der Waals surface area (Å²) in [4.78, 5) is 2.66. The van der Waals surface area contributed by atoms with Gasteiger partial charge in [0.1, 0.15) is 0 Å². The molecule has 19 heavy (non-hydrogen) atoms. The Bertz CT molecular complexity index is 253. The lowest BCUT2D eigenvalue weighted by molar-refractivity contribution is 0.0893. The molecule has 0 amide bonds. The normalized spacial score (nSPS) is 29.7. The van der Waals surface area contributed by atoms with Crippen LogP contribution in [0.2, 0.25) is 0 Å². The van der Waals surface area contributed by atoms with Crippen LogP contribution in [0.5, 0.6) is 0 Å². The van der Waals surface area contributed by atoms with Crippen LogP contribution in [0.15, 0.2) is 0 Å². The van der Waals surface area contributed by atoms with Crippen molar-refractivity contribution < 1.29 is 5.11 Å². The number of aliphatic hydroxyl groups excluding tert-OH is 1. The van der Waals surface area contributed by atoms with E-state index in [0.29, 0.717) is 18.6 Å². The Kier molecular flexibility index (Phi) is 6.11. The second kappa shape index (κ2) is 7.61. The Hall–Kier alpha value is -0.120. The summed E-state index contributed by atoms with van der Waals surface area (Å²) in [7, 11) is 0. The summed E-state index contributed by atoms with van der Waals surface area (Å²) in [6.07, 6.45) is 6.53. The molecule has 112 valence electrons. The van der Waals surface area contributed by atoms with Crippen LogP contribution in [0.3, 0.4) is 0 Å². The first-order valence-electron chi connectivity index (χ1n) is 8.24. The van der Waals surface area contributed by atoms with Crippen LogP contribution in [0.1, 0.15) is 46.0 Å². The maximum Gasteiger partial charge on any atom is 0.0434 e. The van der Waals surface area contributed by atoms with E-state index in [2.05, 4.69) is 24.1 Å². The minimum Gasteiger partial charge on any atom is -0.396 e. The van der Waals surface area contributed by atoms with E-state index >= 15 is 0 Å². The standard InChI is InChI=1S/C16H32N2O/c1-13(2)9-17-16-8-15(6-7-19)11-18(12-16)10-14-4-3-5-14/h13-17,19H,3-12H2,1-2H3. The molecule has 2 atom stereocenters. The molecule has 1 heterocycles. The molecule has 0 spiro atoms. The predicted octanol–water partition coefficient (Wildman–Crippen LogP) is 2.10. The van der Waals surface area contributed by atoms with Crippen LogP contribution >= 0.6 is 0 Å². The summed E-state index contributed by atoms with van der Waals surface area (Å²) < 4.78 is 0. The molecule has 3 nitrogen and oxygen atoms in total. The molecule has 2 fully saturated rings. The Balaban J connectivity index is 1.80. The van der Waals surface area contributed by atoms with Crippen LogP contribution in [0, 0.1) is 17.8 Å². The van der Waals surface area contributed by atoms with Gasteiger partial charge in [-0.15, -0.1) is 0 Å². The Labute approximate surface area is 118 Å². The zero-order valence-electron chi connectivity index (χ0n) is 12.8. The lowest BCUT2D eigenvalue weighted by Gasteiger charge is -2.41. The summed E-state index contributed by atoms with van der Waals surface area (Å²) in [5.41, 5.74) is 0. The third-order valence-corrected chi connectivity index (χ3v) is 4.71. The molecular formula is C16H32N2O. The number of rotatable bonds is 7. The van der Waals surface area contributed by atoms with Crippen molar-refractivity contribution in [2.24, 2.45) is 17.8 Å². The average molecular weight is 268 g/mol. The predicted molar refractivity (Wildman–Crippen MR) is 80.2 cm³/mol. The molecule has 2 unspecified atom stereocenters. The molecule has 0 radical (unpaired) electrons. The van der Waals surface area contributed by atoms with Crippen molar-refractivity contribution in [1.82, 2.24) is 10.2 Å². The topological polar surface area (TPSA) is 35.5 Å². The fraction of sp³-hybridized carbons (Fsp3) is 1.00. The SMILES string of the molecule is CC(C)CNC1CC(CCO)CN(CC2CCC2)C1. The summed E-state index contributed by atoms with van der Waals surface area (Å²) in [6.45, 7) is 9.72. The van der Waals surface area contributed by atoms with Gasteiger partial charge in [0.05, 0.1) is 0 Å². The molecule has 1 saturated heterocycles. The lowest BCUT2D eigenvalue weighted by atomic mass is 9.83. The first-order valence-corrected chi connectivity index (χ1v) is 8.24. The molecule has 1 aliphatic heterocycles. The lowest BCUT2D eigenvalue weighted by Crippen LogP contribution is -2.51. The molecule has 2 rings (SSSR count). The van der Waals surface area contributed by atoms with E-state index in [1.165, 1.54) is 45.3 Å². The highest BCUT2D eigenvalue weighted by atomic mass is 16.3. The molecule has 0 aromatic carbocycles. The molecule has 2 aliphatic rings. The number of hydrogen-bond acceptors (Lipinski definition) is 3. The fourth-order valence-corrected chi connectivity index (χ4v) is 3.43. The molecule has 0 aromatic heterocycles. The van der Waals surface area contributed by atoms with E-state index in [4.69, 9.17) is 0 Å². The third kappa shape index (κ3) is 5.05. The van der Waals surface area contributed by atoms with Gasteiger partial charge in [-0.2, -0.15) is 0 Å². The Morgan fingerprint density at radius 3 is 2.58 bits per heavy atom. The monoisotopic (exact) mass is 268 g/mol. The highest BCUT2D eigenvalue weighted by molar-refractivity contribution is 4.86. The summed E-state index contributed by atoms with van der Waals surface area (Å²) in [6, 6.07) is 0.632. The largest absolute Gasteiger partial charge is 0.396 e. The van der Waals surface area contributed by atoms with Crippen LogP contribution in [0.25, 0.3) is 0 Å². The fourth-order valence-electron chi connectivity index (χ4n) is 3.43. The zero-order chi connectivity index (χ0) is 13.7. The van der Waals surface area contributed by atoms with E-state index in [0.717, 1.165) is 24.8 Å². The first kappa shape index (κ1) is 15.3. The van der Waals surface area contributed by atoms with Gasteiger partial charge in [-0.25, -0.2) is 0 Å². The molecule has 0 aromatic rings. The van der Waals surface area contributed by atoms with Crippen LogP contribution in [-0.2, 0) is 0 Å². The van der Waals surface area contributed by atoms with Gasteiger partial charge in [-0.3, -0.25) is 0 Å².